The fraction of sp³-hybridized carbons (Fsp3) is 0.909. The molecule has 2 rings (SSSR count). The van der Waals surface area contributed by atoms with Crippen molar-refractivity contribution in [3.8, 4) is 0 Å². The van der Waals surface area contributed by atoms with Gasteiger partial charge in [0.05, 0.1) is 13.2 Å². The molecule has 2 fully saturated rings. The molecular weight excluding hydrogens is 256 g/mol. The molecule has 0 bridgehead atoms. The van der Waals surface area contributed by atoms with Crippen molar-refractivity contribution in [2.24, 2.45) is 5.92 Å². The highest BCUT2D eigenvalue weighted by molar-refractivity contribution is 7.86. The smallest absolute Gasteiger partial charge is 0.282 e. The van der Waals surface area contributed by atoms with E-state index in [0.717, 1.165) is 0 Å². The molecule has 2 aliphatic heterocycles. The zero-order chi connectivity index (χ0) is 13.2. The van der Waals surface area contributed by atoms with E-state index in [2.05, 4.69) is 0 Å². The van der Waals surface area contributed by atoms with Crippen LogP contribution in [-0.2, 0) is 19.7 Å². The minimum atomic E-state index is -3.36. The summed E-state index contributed by atoms with van der Waals surface area (Å²) in [4.78, 5) is 11.3. The maximum Gasteiger partial charge on any atom is 0.282 e. The summed E-state index contributed by atoms with van der Waals surface area (Å²) in [6.45, 7) is 4.25. The molecular formula is C11H20N2O4S. The number of nitrogens with zero attached hydrogens (tertiary/aromatic N) is 2. The average Bonchev–Trinajstić information content (AvgIpc) is 2.40. The van der Waals surface area contributed by atoms with E-state index < -0.39 is 10.2 Å². The highest BCUT2D eigenvalue weighted by atomic mass is 32.2. The molecule has 0 atom stereocenters. The summed E-state index contributed by atoms with van der Waals surface area (Å²) in [5.41, 5.74) is 0. The van der Waals surface area contributed by atoms with E-state index in [9.17, 15) is 13.2 Å². The SMILES string of the molecule is CC(=O)C1CCN(S(=O)(=O)N2CCOCC2)CC1. The van der Waals surface area contributed by atoms with Crippen LogP contribution in [-0.4, -0.2) is 62.2 Å². The molecule has 0 spiro atoms. The van der Waals surface area contributed by atoms with Crippen LogP contribution in [0.1, 0.15) is 19.8 Å². The van der Waals surface area contributed by atoms with Gasteiger partial charge in [-0.1, -0.05) is 0 Å². The molecule has 2 saturated heterocycles. The predicted molar refractivity (Wildman–Crippen MR) is 66.3 cm³/mol. The van der Waals surface area contributed by atoms with Crippen LogP contribution in [0.15, 0.2) is 0 Å². The van der Waals surface area contributed by atoms with Gasteiger partial charge in [0.1, 0.15) is 5.78 Å². The number of morpholine rings is 1. The standard InChI is InChI=1S/C11H20N2O4S/c1-10(14)11-2-4-12(5-3-11)18(15,16)13-6-8-17-9-7-13/h11H,2-9H2,1H3. The Morgan fingerprint density at radius 3 is 2.06 bits per heavy atom. The molecule has 2 aliphatic rings. The van der Waals surface area contributed by atoms with Gasteiger partial charge in [-0.15, -0.1) is 0 Å². The van der Waals surface area contributed by atoms with Gasteiger partial charge in [-0.25, -0.2) is 0 Å². The van der Waals surface area contributed by atoms with Crippen molar-refractivity contribution in [3.05, 3.63) is 0 Å². The lowest BCUT2D eigenvalue weighted by Gasteiger charge is -2.35. The fourth-order valence-electron chi connectivity index (χ4n) is 2.43. The predicted octanol–water partition coefficient (Wildman–Crippen LogP) is -0.136. The average molecular weight is 276 g/mol. The number of hydrogen-bond donors (Lipinski definition) is 0. The molecule has 0 aromatic heterocycles. The van der Waals surface area contributed by atoms with Gasteiger partial charge in [-0.05, 0) is 19.8 Å². The Morgan fingerprint density at radius 2 is 1.56 bits per heavy atom. The third-order valence-corrected chi connectivity index (χ3v) is 5.69. The van der Waals surface area contributed by atoms with Crippen molar-refractivity contribution in [1.29, 1.82) is 0 Å². The van der Waals surface area contributed by atoms with Gasteiger partial charge in [0.15, 0.2) is 0 Å². The van der Waals surface area contributed by atoms with Crippen molar-refractivity contribution in [1.82, 2.24) is 8.61 Å². The molecule has 2 heterocycles. The molecule has 0 radical (unpaired) electrons. The number of hydrogen-bond acceptors (Lipinski definition) is 4. The van der Waals surface area contributed by atoms with Gasteiger partial charge in [0.25, 0.3) is 10.2 Å². The Balaban J connectivity index is 1.97. The van der Waals surface area contributed by atoms with Crippen LogP contribution in [0.4, 0.5) is 0 Å². The number of rotatable bonds is 3. The zero-order valence-corrected chi connectivity index (χ0v) is 11.5. The largest absolute Gasteiger partial charge is 0.379 e. The van der Waals surface area contributed by atoms with Crippen LogP contribution < -0.4 is 0 Å². The van der Waals surface area contributed by atoms with Crippen LogP contribution in [0.5, 0.6) is 0 Å². The fourth-order valence-corrected chi connectivity index (χ4v) is 4.04. The highest BCUT2D eigenvalue weighted by Crippen LogP contribution is 2.22. The highest BCUT2D eigenvalue weighted by Gasteiger charge is 2.34. The normalized spacial score (nSPS) is 25.2. The van der Waals surface area contributed by atoms with E-state index in [4.69, 9.17) is 4.74 Å². The summed E-state index contributed by atoms with van der Waals surface area (Å²) in [7, 11) is -3.36. The number of piperidine rings is 1. The second-order valence-corrected chi connectivity index (χ2v) is 6.73. The summed E-state index contributed by atoms with van der Waals surface area (Å²) >= 11 is 0. The van der Waals surface area contributed by atoms with Crippen molar-refractivity contribution in [3.63, 3.8) is 0 Å². The van der Waals surface area contributed by atoms with Gasteiger partial charge in [-0.2, -0.15) is 17.0 Å². The Bertz CT molecular complexity index is 395. The lowest BCUT2D eigenvalue weighted by molar-refractivity contribution is -0.121. The first-order valence-electron chi connectivity index (χ1n) is 6.35. The molecule has 0 aromatic rings. The Hall–Kier alpha value is -0.500. The van der Waals surface area contributed by atoms with E-state index in [-0.39, 0.29) is 11.7 Å². The van der Waals surface area contributed by atoms with Crippen molar-refractivity contribution < 1.29 is 17.9 Å². The van der Waals surface area contributed by atoms with Crippen LogP contribution in [0.2, 0.25) is 0 Å². The Labute approximate surface area is 108 Å². The van der Waals surface area contributed by atoms with Crippen LogP contribution >= 0.6 is 0 Å². The molecule has 6 nitrogen and oxygen atoms in total. The van der Waals surface area contributed by atoms with Gasteiger partial charge in [-0.3, -0.25) is 4.79 Å². The van der Waals surface area contributed by atoms with Crippen molar-refractivity contribution >= 4 is 16.0 Å². The van der Waals surface area contributed by atoms with E-state index in [1.165, 1.54) is 8.61 Å². The third-order valence-electron chi connectivity index (χ3n) is 3.65. The molecule has 0 unspecified atom stereocenters. The number of ketones is 1. The topological polar surface area (TPSA) is 66.9 Å². The van der Waals surface area contributed by atoms with Gasteiger partial charge in [0.2, 0.25) is 0 Å². The van der Waals surface area contributed by atoms with Crippen molar-refractivity contribution in [2.75, 3.05) is 39.4 Å². The van der Waals surface area contributed by atoms with Crippen molar-refractivity contribution in [2.45, 2.75) is 19.8 Å². The number of ether oxygens (including phenoxy) is 1. The molecule has 0 aromatic carbocycles. The Kier molecular flexibility index (Phi) is 4.37. The number of Topliss-reactive ketones (excluding diaryl/α,β-unsaturated/α-hetero) is 1. The number of carbonyl (C=O) groups excluding carboxylic acids is 1. The van der Waals surface area contributed by atoms with E-state index in [0.29, 0.717) is 52.2 Å². The maximum atomic E-state index is 12.3. The third kappa shape index (κ3) is 2.90. The molecule has 0 amide bonds. The first kappa shape index (κ1) is 13.9. The van der Waals surface area contributed by atoms with E-state index in [1.54, 1.807) is 6.92 Å². The molecule has 0 aliphatic carbocycles. The number of carbonyl (C=O) groups is 1. The second-order valence-electron chi connectivity index (χ2n) is 4.80. The molecule has 104 valence electrons. The molecule has 7 heteroatoms. The quantitative estimate of drug-likeness (QED) is 0.720. The molecule has 18 heavy (non-hydrogen) atoms. The lowest BCUT2D eigenvalue weighted by Crippen LogP contribution is -2.51. The minimum absolute atomic E-state index is 0.0288. The van der Waals surface area contributed by atoms with E-state index in [1.807, 2.05) is 0 Å². The summed E-state index contributed by atoms with van der Waals surface area (Å²) in [5.74, 6) is 0.194. The monoisotopic (exact) mass is 276 g/mol. The summed E-state index contributed by atoms with van der Waals surface area (Å²) < 4.78 is 32.8. The first-order valence-corrected chi connectivity index (χ1v) is 7.75. The Morgan fingerprint density at radius 1 is 1.06 bits per heavy atom. The van der Waals surface area contributed by atoms with Crippen LogP contribution in [0.3, 0.4) is 0 Å². The lowest BCUT2D eigenvalue weighted by atomic mass is 9.95. The van der Waals surface area contributed by atoms with Gasteiger partial charge in [0, 0.05) is 32.1 Å². The van der Waals surface area contributed by atoms with Gasteiger partial charge < -0.3 is 4.74 Å². The first-order chi connectivity index (χ1) is 8.51. The summed E-state index contributed by atoms with van der Waals surface area (Å²) in [6, 6.07) is 0. The van der Waals surface area contributed by atoms with Crippen LogP contribution in [0.25, 0.3) is 0 Å². The van der Waals surface area contributed by atoms with Gasteiger partial charge >= 0.3 is 0 Å². The second kappa shape index (κ2) is 5.64. The summed E-state index contributed by atoms with van der Waals surface area (Å²) in [6.07, 6.45) is 1.28. The molecule has 0 N–H and O–H groups in total. The van der Waals surface area contributed by atoms with E-state index >= 15 is 0 Å². The summed E-state index contributed by atoms with van der Waals surface area (Å²) in [5, 5.41) is 0. The minimum Gasteiger partial charge on any atom is -0.379 e. The van der Waals surface area contributed by atoms with Crippen LogP contribution in [0, 0.1) is 5.92 Å². The maximum absolute atomic E-state index is 12.3. The zero-order valence-electron chi connectivity index (χ0n) is 10.7. The molecule has 0 saturated carbocycles.